The molecule has 1 aromatic carbocycles. The maximum Gasteiger partial charge on any atom is 0.227 e. The molecular formula is C18H26N2O3. The summed E-state index contributed by atoms with van der Waals surface area (Å²) in [5.74, 6) is -0.266. The third-order valence-electron chi connectivity index (χ3n) is 4.52. The van der Waals surface area contributed by atoms with Crippen molar-refractivity contribution >= 4 is 11.8 Å². The van der Waals surface area contributed by atoms with Crippen LogP contribution in [0.1, 0.15) is 38.3 Å². The number of carbonyl (C=O) groups excluding carboxylic acids is 2. The number of aliphatic hydroxyl groups excluding tert-OH is 1. The minimum absolute atomic E-state index is 0.0123. The molecule has 1 N–H and O–H groups in total. The first-order valence-electron chi connectivity index (χ1n) is 8.17. The molecule has 0 spiro atoms. The lowest BCUT2D eigenvalue weighted by Crippen LogP contribution is -2.36. The first-order valence-corrected chi connectivity index (χ1v) is 8.17. The zero-order chi connectivity index (χ0) is 17.0. The van der Waals surface area contributed by atoms with Crippen LogP contribution in [0.4, 0.5) is 0 Å². The molecular weight excluding hydrogens is 292 g/mol. The fourth-order valence-corrected chi connectivity index (χ4v) is 2.99. The average molecular weight is 318 g/mol. The number of amides is 2. The molecule has 2 rings (SSSR count). The number of aliphatic hydroxyl groups is 1. The summed E-state index contributed by atoms with van der Waals surface area (Å²) in [5, 5.41) is 9.33. The zero-order valence-corrected chi connectivity index (χ0v) is 14.1. The second-order valence-electron chi connectivity index (χ2n) is 6.43. The Bertz CT molecular complexity index is 544. The molecule has 1 aliphatic heterocycles. The molecule has 1 aliphatic rings. The Morgan fingerprint density at radius 1 is 1.35 bits per heavy atom. The van der Waals surface area contributed by atoms with E-state index >= 15 is 0 Å². The van der Waals surface area contributed by atoms with Crippen molar-refractivity contribution in [3.63, 3.8) is 0 Å². The number of hydrogen-bond acceptors (Lipinski definition) is 3. The Hall–Kier alpha value is -1.88. The van der Waals surface area contributed by atoms with Crippen LogP contribution in [0.15, 0.2) is 30.3 Å². The van der Waals surface area contributed by atoms with Crippen LogP contribution in [0, 0.1) is 5.92 Å². The lowest BCUT2D eigenvalue weighted by atomic mass is 10.1. The highest BCUT2D eigenvalue weighted by Crippen LogP contribution is 2.29. The van der Waals surface area contributed by atoms with Crippen LogP contribution >= 0.6 is 0 Å². The van der Waals surface area contributed by atoms with E-state index in [1.54, 1.807) is 23.8 Å². The summed E-state index contributed by atoms with van der Waals surface area (Å²) in [7, 11) is 1.73. The van der Waals surface area contributed by atoms with E-state index in [-0.39, 0.29) is 30.2 Å². The number of likely N-dealkylation sites (tertiary alicyclic amines) is 1. The summed E-state index contributed by atoms with van der Waals surface area (Å²) in [5.41, 5.74) is 1.08. The molecule has 2 amide bonds. The summed E-state index contributed by atoms with van der Waals surface area (Å²) in [6.45, 7) is 4.68. The van der Waals surface area contributed by atoms with Gasteiger partial charge in [0.25, 0.3) is 0 Å². The molecule has 1 fully saturated rings. The van der Waals surface area contributed by atoms with Gasteiger partial charge in [-0.2, -0.15) is 0 Å². The van der Waals surface area contributed by atoms with Crippen molar-refractivity contribution in [1.29, 1.82) is 0 Å². The van der Waals surface area contributed by atoms with Gasteiger partial charge in [0.15, 0.2) is 0 Å². The SMILES string of the molecule is CC(O)CCN(C)C(=O)C1CC(=O)N(C(C)c2ccccc2)C1. The number of hydrogen-bond donors (Lipinski definition) is 1. The van der Waals surface area contributed by atoms with Gasteiger partial charge in [0.2, 0.25) is 11.8 Å². The van der Waals surface area contributed by atoms with Crippen molar-refractivity contribution in [2.75, 3.05) is 20.1 Å². The molecule has 0 aliphatic carbocycles. The van der Waals surface area contributed by atoms with Gasteiger partial charge in [0.1, 0.15) is 0 Å². The van der Waals surface area contributed by atoms with Gasteiger partial charge in [-0.25, -0.2) is 0 Å². The average Bonchev–Trinajstić information content (AvgIpc) is 2.93. The summed E-state index contributed by atoms with van der Waals surface area (Å²) >= 11 is 0. The summed E-state index contributed by atoms with van der Waals surface area (Å²) in [4.78, 5) is 28.2. The predicted octanol–water partition coefficient (Wildman–Crippen LogP) is 1.83. The molecule has 23 heavy (non-hydrogen) atoms. The first-order chi connectivity index (χ1) is 10.9. The molecule has 0 aromatic heterocycles. The van der Waals surface area contributed by atoms with Crippen molar-refractivity contribution in [3.8, 4) is 0 Å². The van der Waals surface area contributed by atoms with Gasteiger partial charge < -0.3 is 14.9 Å². The number of carbonyl (C=O) groups is 2. The highest BCUT2D eigenvalue weighted by atomic mass is 16.3. The van der Waals surface area contributed by atoms with E-state index < -0.39 is 6.10 Å². The molecule has 5 nitrogen and oxygen atoms in total. The van der Waals surface area contributed by atoms with Crippen molar-refractivity contribution in [2.24, 2.45) is 5.92 Å². The normalized spacial score (nSPS) is 20.4. The molecule has 0 radical (unpaired) electrons. The van der Waals surface area contributed by atoms with Crippen LogP contribution in [0.2, 0.25) is 0 Å². The molecule has 0 bridgehead atoms. The third-order valence-corrected chi connectivity index (χ3v) is 4.52. The molecule has 1 saturated heterocycles. The van der Waals surface area contributed by atoms with Crippen LogP contribution in [-0.2, 0) is 9.59 Å². The highest BCUT2D eigenvalue weighted by Gasteiger charge is 2.38. The molecule has 3 atom stereocenters. The van der Waals surface area contributed by atoms with Crippen molar-refractivity contribution in [1.82, 2.24) is 9.80 Å². The molecule has 3 unspecified atom stereocenters. The summed E-state index contributed by atoms with van der Waals surface area (Å²) < 4.78 is 0. The standard InChI is InChI=1S/C18H26N2O3/c1-13(21)9-10-19(3)18(23)16-11-17(22)20(12-16)14(2)15-7-5-4-6-8-15/h4-8,13-14,16,21H,9-12H2,1-3H3. The van der Waals surface area contributed by atoms with Crippen LogP contribution < -0.4 is 0 Å². The molecule has 126 valence electrons. The second kappa shape index (κ2) is 7.59. The topological polar surface area (TPSA) is 60.9 Å². The maximum atomic E-state index is 12.5. The number of rotatable bonds is 6. The first kappa shape index (κ1) is 17.5. The minimum Gasteiger partial charge on any atom is -0.393 e. The Morgan fingerprint density at radius 2 is 2.00 bits per heavy atom. The van der Waals surface area contributed by atoms with E-state index in [4.69, 9.17) is 0 Å². The van der Waals surface area contributed by atoms with Gasteiger partial charge in [-0.15, -0.1) is 0 Å². The van der Waals surface area contributed by atoms with Crippen molar-refractivity contribution < 1.29 is 14.7 Å². The van der Waals surface area contributed by atoms with Crippen LogP contribution in [-0.4, -0.2) is 53.0 Å². The Kier molecular flexibility index (Phi) is 5.77. The fraction of sp³-hybridized carbons (Fsp3) is 0.556. The van der Waals surface area contributed by atoms with Gasteiger partial charge >= 0.3 is 0 Å². The van der Waals surface area contributed by atoms with Gasteiger partial charge in [0, 0.05) is 26.6 Å². The quantitative estimate of drug-likeness (QED) is 0.870. The van der Waals surface area contributed by atoms with E-state index in [1.165, 1.54) is 0 Å². The van der Waals surface area contributed by atoms with E-state index in [9.17, 15) is 14.7 Å². The number of nitrogens with zero attached hydrogens (tertiary/aromatic N) is 2. The molecule has 5 heteroatoms. The lowest BCUT2D eigenvalue weighted by Gasteiger charge is -2.26. The van der Waals surface area contributed by atoms with Crippen LogP contribution in [0.3, 0.4) is 0 Å². The largest absolute Gasteiger partial charge is 0.393 e. The van der Waals surface area contributed by atoms with Crippen molar-refractivity contribution in [2.45, 2.75) is 38.8 Å². The zero-order valence-electron chi connectivity index (χ0n) is 14.1. The summed E-state index contributed by atoms with van der Waals surface area (Å²) in [6.07, 6.45) is 0.396. The number of benzene rings is 1. The van der Waals surface area contributed by atoms with Crippen molar-refractivity contribution in [3.05, 3.63) is 35.9 Å². The third kappa shape index (κ3) is 4.32. The van der Waals surface area contributed by atoms with Gasteiger partial charge in [-0.1, -0.05) is 30.3 Å². The van der Waals surface area contributed by atoms with Crippen LogP contribution in [0.25, 0.3) is 0 Å². The smallest absolute Gasteiger partial charge is 0.227 e. The van der Waals surface area contributed by atoms with Gasteiger partial charge in [0.05, 0.1) is 18.1 Å². The highest BCUT2D eigenvalue weighted by molar-refractivity contribution is 5.89. The predicted molar refractivity (Wildman–Crippen MR) is 88.6 cm³/mol. The van der Waals surface area contributed by atoms with E-state index in [0.717, 1.165) is 5.56 Å². The maximum absolute atomic E-state index is 12.5. The fourth-order valence-electron chi connectivity index (χ4n) is 2.99. The molecule has 1 aromatic rings. The Balaban J connectivity index is 1.98. The van der Waals surface area contributed by atoms with E-state index in [2.05, 4.69) is 0 Å². The minimum atomic E-state index is -0.426. The van der Waals surface area contributed by atoms with Crippen LogP contribution in [0.5, 0.6) is 0 Å². The molecule has 1 heterocycles. The Labute approximate surface area is 137 Å². The Morgan fingerprint density at radius 3 is 2.61 bits per heavy atom. The lowest BCUT2D eigenvalue weighted by molar-refractivity contribution is -0.134. The van der Waals surface area contributed by atoms with E-state index in [1.807, 2.05) is 37.3 Å². The summed E-state index contributed by atoms with van der Waals surface area (Å²) in [6, 6.07) is 9.84. The van der Waals surface area contributed by atoms with Gasteiger partial charge in [-0.05, 0) is 25.8 Å². The second-order valence-corrected chi connectivity index (χ2v) is 6.43. The van der Waals surface area contributed by atoms with E-state index in [0.29, 0.717) is 19.5 Å². The monoisotopic (exact) mass is 318 g/mol. The molecule has 0 saturated carbocycles. The van der Waals surface area contributed by atoms with Gasteiger partial charge in [-0.3, -0.25) is 9.59 Å².